The van der Waals surface area contributed by atoms with Crippen LogP contribution >= 0.6 is 0 Å². The third kappa shape index (κ3) is 1.25. The monoisotopic (exact) mass is 160 g/mol. The quantitative estimate of drug-likeness (QED) is 0.362. The summed E-state index contributed by atoms with van der Waals surface area (Å²) in [6.45, 7) is 3.13. The molecule has 0 amide bonds. The van der Waals surface area contributed by atoms with Crippen molar-refractivity contribution in [1.82, 2.24) is 0 Å². The fourth-order valence-electron chi connectivity index (χ4n) is 0.750. The van der Waals surface area contributed by atoms with E-state index in [9.17, 15) is 4.79 Å². The molecule has 1 fully saturated rings. The Kier molecular flexibility index (Phi) is 1.95. The Morgan fingerprint density at radius 2 is 1.91 bits per heavy atom. The van der Waals surface area contributed by atoms with Crippen molar-refractivity contribution >= 4 is 5.78 Å². The Bertz CT molecular complexity index is 199. The van der Waals surface area contributed by atoms with Gasteiger partial charge < -0.3 is 20.1 Å². The lowest BCUT2D eigenvalue weighted by Crippen LogP contribution is -2.49. The number of ketones is 1. The molecule has 0 aromatic rings. The minimum Gasteiger partial charge on any atom is -0.459 e. The largest absolute Gasteiger partial charge is 0.459 e. The standard InChI is InChI=1S/C6H8O5/c1-2-3(7)4(8)5(9)6(10)11-2/h4-6,8-10H,1H2. The Balaban J connectivity index is 2.78. The molecule has 0 radical (unpaired) electrons. The molecular formula is C6H8O5. The maximum absolute atomic E-state index is 10.7. The van der Waals surface area contributed by atoms with E-state index < -0.39 is 24.3 Å². The van der Waals surface area contributed by atoms with Crippen LogP contribution in [-0.2, 0) is 9.53 Å². The van der Waals surface area contributed by atoms with Gasteiger partial charge in [0.25, 0.3) is 0 Å². The van der Waals surface area contributed by atoms with Crippen LogP contribution < -0.4 is 0 Å². The highest BCUT2D eigenvalue weighted by Gasteiger charge is 2.39. The number of carbonyl (C=O) groups is 1. The molecule has 0 bridgehead atoms. The van der Waals surface area contributed by atoms with Gasteiger partial charge in [0.2, 0.25) is 12.1 Å². The normalized spacial score (nSPS) is 38.6. The van der Waals surface area contributed by atoms with Crippen molar-refractivity contribution in [1.29, 1.82) is 0 Å². The van der Waals surface area contributed by atoms with Gasteiger partial charge in [-0.25, -0.2) is 0 Å². The Morgan fingerprint density at radius 3 is 2.45 bits per heavy atom. The maximum Gasteiger partial charge on any atom is 0.228 e. The first-order valence-corrected chi connectivity index (χ1v) is 2.98. The summed E-state index contributed by atoms with van der Waals surface area (Å²) in [5.74, 6) is -1.14. The SMILES string of the molecule is C=C1OC(O)C(O)C(O)C1=O. The van der Waals surface area contributed by atoms with Crippen LogP contribution in [0.15, 0.2) is 12.3 Å². The fourth-order valence-corrected chi connectivity index (χ4v) is 0.750. The Hall–Kier alpha value is -0.910. The molecule has 62 valence electrons. The number of Topliss-reactive ketones (excluding diaryl/α,β-unsaturated/α-hetero) is 1. The zero-order chi connectivity index (χ0) is 8.59. The molecule has 1 saturated heterocycles. The molecule has 3 unspecified atom stereocenters. The van der Waals surface area contributed by atoms with E-state index in [1.165, 1.54) is 0 Å². The van der Waals surface area contributed by atoms with E-state index in [-0.39, 0.29) is 5.76 Å². The van der Waals surface area contributed by atoms with Crippen molar-refractivity contribution in [3.05, 3.63) is 12.3 Å². The van der Waals surface area contributed by atoms with Gasteiger partial charge in [-0.2, -0.15) is 0 Å². The first kappa shape index (κ1) is 8.19. The Labute approximate surface area is 62.5 Å². The first-order chi connectivity index (χ1) is 5.04. The zero-order valence-corrected chi connectivity index (χ0v) is 5.60. The predicted octanol–water partition coefficient (Wildman–Crippen LogP) is -1.86. The number of hydrogen-bond acceptors (Lipinski definition) is 5. The highest BCUT2D eigenvalue weighted by atomic mass is 16.6. The predicted molar refractivity (Wildman–Crippen MR) is 33.3 cm³/mol. The highest BCUT2D eigenvalue weighted by Crippen LogP contribution is 2.16. The van der Waals surface area contributed by atoms with Crippen LogP contribution in [0.25, 0.3) is 0 Å². The van der Waals surface area contributed by atoms with Crippen molar-refractivity contribution in [2.75, 3.05) is 0 Å². The fraction of sp³-hybridized carbons (Fsp3) is 0.500. The van der Waals surface area contributed by atoms with Gasteiger partial charge in [0.15, 0.2) is 11.9 Å². The van der Waals surface area contributed by atoms with Gasteiger partial charge in [-0.3, -0.25) is 4.79 Å². The van der Waals surface area contributed by atoms with Crippen molar-refractivity contribution in [2.24, 2.45) is 0 Å². The summed E-state index contributed by atoms with van der Waals surface area (Å²) in [5.41, 5.74) is 0. The van der Waals surface area contributed by atoms with E-state index in [0.29, 0.717) is 0 Å². The smallest absolute Gasteiger partial charge is 0.228 e. The van der Waals surface area contributed by atoms with Crippen molar-refractivity contribution in [3.8, 4) is 0 Å². The van der Waals surface area contributed by atoms with Gasteiger partial charge in [0, 0.05) is 0 Å². The molecule has 1 aliphatic heterocycles. The van der Waals surface area contributed by atoms with Gasteiger partial charge in [-0.15, -0.1) is 0 Å². The summed E-state index contributed by atoms with van der Waals surface area (Å²) in [5, 5.41) is 26.5. The lowest BCUT2D eigenvalue weighted by molar-refractivity contribution is -0.196. The molecule has 1 rings (SSSR count). The lowest BCUT2D eigenvalue weighted by atomic mass is 10.1. The van der Waals surface area contributed by atoms with E-state index in [2.05, 4.69) is 11.3 Å². The summed E-state index contributed by atoms with van der Waals surface area (Å²) in [6.07, 6.45) is -4.80. The third-order valence-electron chi connectivity index (χ3n) is 1.42. The molecule has 0 saturated carbocycles. The van der Waals surface area contributed by atoms with Gasteiger partial charge in [-0.1, -0.05) is 6.58 Å². The molecule has 3 N–H and O–H groups in total. The van der Waals surface area contributed by atoms with Crippen molar-refractivity contribution < 1.29 is 24.9 Å². The number of carbonyl (C=O) groups excluding carboxylic acids is 1. The van der Waals surface area contributed by atoms with Crippen LogP contribution in [0, 0.1) is 0 Å². The summed E-state index contributed by atoms with van der Waals surface area (Å²) >= 11 is 0. The van der Waals surface area contributed by atoms with E-state index in [4.69, 9.17) is 15.3 Å². The highest BCUT2D eigenvalue weighted by molar-refractivity contribution is 5.97. The molecular weight excluding hydrogens is 152 g/mol. The molecule has 1 aliphatic rings. The second-order valence-electron chi connectivity index (χ2n) is 2.23. The number of aliphatic hydroxyl groups is 3. The second-order valence-corrected chi connectivity index (χ2v) is 2.23. The van der Waals surface area contributed by atoms with Crippen LogP contribution in [0.4, 0.5) is 0 Å². The van der Waals surface area contributed by atoms with Crippen LogP contribution in [0.1, 0.15) is 0 Å². The minimum atomic E-state index is -1.63. The molecule has 5 nitrogen and oxygen atoms in total. The molecule has 3 atom stereocenters. The van der Waals surface area contributed by atoms with Crippen molar-refractivity contribution in [2.45, 2.75) is 18.5 Å². The van der Waals surface area contributed by atoms with Crippen LogP contribution in [0.2, 0.25) is 0 Å². The molecule has 0 aromatic carbocycles. The number of ether oxygens (including phenoxy) is 1. The number of aliphatic hydroxyl groups excluding tert-OH is 3. The van der Waals surface area contributed by atoms with Gasteiger partial charge in [-0.05, 0) is 0 Å². The van der Waals surface area contributed by atoms with Gasteiger partial charge >= 0.3 is 0 Å². The van der Waals surface area contributed by atoms with E-state index in [1.807, 2.05) is 0 Å². The number of hydrogen-bond donors (Lipinski definition) is 3. The molecule has 0 aromatic heterocycles. The third-order valence-corrected chi connectivity index (χ3v) is 1.42. The van der Waals surface area contributed by atoms with E-state index in [0.717, 1.165) is 0 Å². The second kappa shape index (κ2) is 2.61. The van der Waals surface area contributed by atoms with E-state index >= 15 is 0 Å². The van der Waals surface area contributed by atoms with Crippen LogP contribution in [0.3, 0.4) is 0 Å². The summed E-state index contributed by atoms with van der Waals surface area (Å²) < 4.78 is 4.38. The first-order valence-electron chi connectivity index (χ1n) is 2.98. The maximum atomic E-state index is 10.7. The Morgan fingerprint density at radius 1 is 1.36 bits per heavy atom. The van der Waals surface area contributed by atoms with Crippen LogP contribution in [-0.4, -0.2) is 39.6 Å². The summed E-state index contributed by atoms with van der Waals surface area (Å²) in [6, 6.07) is 0. The van der Waals surface area contributed by atoms with E-state index in [1.54, 1.807) is 0 Å². The average molecular weight is 160 g/mol. The van der Waals surface area contributed by atoms with Crippen LogP contribution in [0.5, 0.6) is 0 Å². The molecule has 0 aliphatic carbocycles. The zero-order valence-electron chi connectivity index (χ0n) is 5.60. The number of rotatable bonds is 0. The summed E-state index contributed by atoms with van der Waals surface area (Å²) in [4.78, 5) is 10.7. The topological polar surface area (TPSA) is 87.0 Å². The van der Waals surface area contributed by atoms with Crippen molar-refractivity contribution in [3.63, 3.8) is 0 Å². The molecule has 1 heterocycles. The molecule has 11 heavy (non-hydrogen) atoms. The van der Waals surface area contributed by atoms with Gasteiger partial charge in [0.05, 0.1) is 0 Å². The summed E-state index contributed by atoms with van der Waals surface area (Å²) in [7, 11) is 0. The van der Waals surface area contributed by atoms with Gasteiger partial charge in [0.1, 0.15) is 6.10 Å². The lowest BCUT2D eigenvalue weighted by Gasteiger charge is -2.28. The average Bonchev–Trinajstić information content (AvgIpc) is 1.97. The molecule has 0 spiro atoms. The molecule has 5 heteroatoms. The minimum absolute atomic E-state index is 0.338.